The zero-order valence-electron chi connectivity index (χ0n) is 13.0. The van der Waals surface area contributed by atoms with E-state index in [1.165, 1.54) is 24.0 Å². The third-order valence-electron chi connectivity index (χ3n) is 3.67. The van der Waals surface area contributed by atoms with E-state index >= 15 is 0 Å². The molecular weight excluding hydrogens is 246 g/mol. The summed E-state index contributed by atoms with van der Waals surface area (Å²) in [5, 5.41) is 3.45. The van der Waals surface area contributed by atoms with Gasteiger partial charge in [-0.3, -0.25) is 0 Å². The minimum absolute atomic E-state index is 0.125. The highest BCUT2D eigenvalue weighted by Gasteiger charge is 2.20. The van der Waals surface area contributed by atoms with Gasteiger partial charge in [0.05, 0.1) is 12.7 Å². The van der Waals surface area contributed by atoms with Gasteiger partial charge in [-0.25, -0.2) is 0 Å². The molecule has 0 radical (unpaired) electrons. The molecule has 1 N–H and O–H groups in total. The van der Waals surface area contributed by atoms with Crippen molar-refractivity contribution in [1.29, 1.82) is 0 Å². The SMILES string of the molecule is C=C(CNC(C)(C)C)COC1CCCc2ccccc21. The van der Waals surface area contributed by atoms with Crippen LogP contribution in [0.5, 0.6) is 0 Å². The van der Waals surface area contributed by atoms with Crippen molar-refractivity contribution in [3.63, 3.8) is 0 Å². The minimum Gasteiger partial charge on any atom is -0.369 e. The van der Waals surface area contributed by atoms with Crippen molar-refractivity contribution in [3.05, 3.63) is 47.5 Å². The van der Waals surface area contributed by atoms with Gasteiger partial charge < -0.3 is 10.1 Å². The predicted octanol–water partition coefficient (Wildman–Crippen LogP) is 4.02. The standard InChI is InChI=1S/C18H27NO/c1-14(12-19-18(2,3)4)13-20-17-11-7-9-15-8-5-6-10-16(15)17/h5-6,8,10,17,19H,1,7,9,11-13H2,2-4H3. The smallest absolute Gasteiger partial charge is 0.0832 e. The lowest BCUT2D eigenvalue weighted by Crippen LogP contribution is -2.37. The second kappa shape index (κ2) is 6.55. The normalized spacial score (nSPS) is 18.6. The molecule has 1 aliphatic carbocycles. The van der Waals surface area contributed by atoms with E-state index < -0.39 is 0 Å². The molecular formula is C18H27NO. The maximum Gasteiger partial charge on any atom is 0.0832 e. The molecule has 2 rings (SSSR count). The van der Waals surface area contributed by atoms with Gasteiger partial charge in [0.1, 0.15) is 0 Å². The average molecular weight is 273 g/mol. The van der Waals surface area contributed by atoms with Crippen LogP contribution >= 0.6 is 0 Å². The molecule has 1 unspecified atom stereocenters. The van der Waals surface area contributed by atoms with E-state index in [0.29, 0.717) is 6.61 Å². The number of hydrogen-bond donors (Lipinski definition) is 1. The molecule has 110 valence electrons. The lowest BCUT2D eigenvalue weighted by Gasteiger charge is -2.27. The first-order valence-corrected chi connectivity index (χ1v) is 7.57. The van der Waals surface area contributed by atoms with Crippen LogP contribution < -0.4 is 5.32 Å². The second-order valence-electron chi connectivity index (χ2n) is 6.74. The Labute approximate surface area is 123 Å². The second-order valence-corrected chi connectivity index (χ2v) is 6.74. The highest BCUT2D eigenvalue weighted by atomic mass is 16.5. The van der Waals surface area contributed by atoms with Gasteiger partial charge in [-0.2, -0.15) is 0 Å². The summed E-state index contributed by atoms with van der Waals surface area (Å²) in [6.45, 7) is 12.1. The zero-order chi connectivity index (χ0) is 14.6. The largest absolute Gasteiger partial charge is 0.369 e. The van der Waals surface area contributed by atoms with E-state index in [-0.39, 0.29) is 11.6 Å². The monoisotopic (exact) mass is 273 g/mol. The molecule has 0 aromatic heterocycles. The van der Waals surface area contributed by atoms with E-state index in [1.54, 1.807) is 0 Å². The number of benzene rings is 1. The fourth-order valence-corrected chi connectivity index (χ4v) is 2.54. The molecule has 1 aliphatic rings. The molecule has 0 amide bonds. The Morgan fingerprint density at radius 2 is 2.10 bits per heavy atom. The maximum atomic E-state index is 6.10. The molecule has 0 heterocycles. The molecule has 1 aromatic rings. The Bertz CT molecular complexity index is 459. The van der Waals surface area contributed by atoms with Gasteiger partial charge in [-0.1, -0.05) is 30.8 Å². The Hall–Kier alpha value is -1.12. The topological polar surface area (TPSA) is 21.3 Å². The average Bonchev–Trinajstić information content (AvgIpc) is 2.42. The first-order chi connectivity index (χ1) is 9.46. The first kappa shape index (κ1) is 15.3. The summed E-state index contributed by atoms with van der Waals surface area (Å²) in [5.74, 6) is 0. The molecule has 0 saturated heterocycles. The van der Waals surface area contributed by atoms with Crippen LogP contribution in [0.25, 0.3) is 0 Å². The molecule has 1 atom stereocenters. The van der Waals surface area contributed by atoms with Gasteiger partial charge >= 0.3 is 0 Å². The third kappa shape index (κ3) is 4.46. The van der Waals surface area contributed by atoms with Crippen molar-refractivity contribution in [1.82, 2.24) is 5.32 Å². The predicted molar refractivity (Wildman–Crippen MR) is 85.0 cm³/mol. The quantitative estimate of drug-likeness (QED) is 0.818. The molecule has 0 saturated carbocycles. The molecule has 1 aromatic carbocycles. The molecule has 0 aliphatic heterocycles. The van der Waals surface area contributed by atoms with Crippen LogP contribution in [-0.4, -0.2) is 18.7 Å². The van der Waals surface area contributed by atoms with Gasteiger partial charge in [-0.15, -0.1) is 0 Å². The van der Waals surface area contributed by atoms with Crippen molar-refractivity contribution < 1.29 is 4.74 Å². The highest BCUT2D eigenvalue weighted by Crippen LogP contribution is 2.32. The Balaban J connectivity index is 1.85. The van der Waals surface area contributed by atoms with E-state index in [2.05, 4.69) is 56.9 Å². The van der Waals surface area contributed by atoms with E-state index in [0.717, 1.165) is 18.5 Å². The van der Waals surface area contributed by atoms with Gasteiger partial charge in [0.15, 0.2) is 0 Å². The molecule has 2 heteroatoms. The Morgan fingerprint density at radius 3 is 2.85 bits per heavy atom. The number of fused-ring (bicyclic) bond motifs is 1. The first-order valence-electron chi connectivity index (χ1n) is 7.57. The van der Waals surface area contributed by atoms with Gasteiger partial charge in [0.2, 0.25) is 0 Å². The summed E-state index contributed by atoms with van der Waals surface area (Å²) in [5.41, 5.74) is 4.06. The van der Waals surface area contributed by atoms with E-state index in [9.17, 15) is 0 Å². The number of hydrogen-bond acceptors (Lipinski definition) is 2. The van der Waals surface area contributed by atoms with Crippen molar-refractivity contribution >= 4 is 0 Å². The highest BCUT2D eigenvalue weighted by molar-refractivity contribution is 5.31. The van der Waals surface area contributed by atoms with Crippen LogP contribution in [0.4, 0.5) is 0 Å². The molecule has 0 bridgehead atoms. The maximum absolute atomic E-state index is 6.10. The minimum atomic E-state index is 0.125. The van der Waals surface area contributed by atoms with Crippen molar-refractivity contribution in [2.45, 2.75) is 51.7 Å². The number of rotatable bonds is 5. The Kier molecular flexibility index (Phi) is 5.00. The number of aryl methyl sites for hydroxylation is 1. The summed E-state index contributed by atoms with van der Waals surface area (Å²) in [4.78, 5) is 0. The lowest BCUT2D eigenvalue weighted by molar-refractivity contribution is 0.0555. The van der Waals surface area contributed by atoms with Gasteiger partial charge in [-0.05, 0) is 56.7 Å². The zero-order valence-corrected chi connectivity index (χ0v) is 13.0. The van der Waals surface area contributed by atoms with Gasteiger partial charge in [0.25, 0.3) is 0 Å². The van der Waals surface area contributed by atoms with Crippen molar-refractivity contribution in [2.75, 3.05) is 13.2 Å². The van der Waals surface area contributed by atoms with E-state index in [4.69, 9.17) is 4.74 Å². The summed E-state index contributed by atoms with van der Waals surface area (Å²) in [6, 6.07) is 8.65. The van der Waals surface area contributed by atoms with Crippen molar-refractivity contribution in [2.24, 2.45) is 0 Å². The summed E-state index contributed by atoms with van der Waals surface area (Å²) < 4.78 is 6.10. The summed E-state index contributed by atoms with van der Waals surface area (Å²) in [6.07, 6.45) is 3.76. The Morgan fingerprint density at radius 1 is 1.35 bits per heavy atom. The molecule has 0 spiro atoms. The molecule has 20 heavy (non-hydrogen) atoms. The van der Waals surface area contributed by atoms with Crippen LogP contribution in [0.15, 0.2) is 36.4 Å². The van der Waals surface area contributed by atoms with Crippen LogP contribution in [0.2, 0.25) is 0 Å². The fraction of sp³-hybridized carbons (Fsp3) is 0.556. The summed E-state index contributed by atoms with van der Waals surface area (Å²) >= 11 is 0. The van der Waals surface area contributed by atoms with Crippen molar-refractivity contribution in [3.8, 4) is 0 Å². The van der Waals surface area contributed by atoms with Crippen LogP contribution in [0, 0.1) is 0 Å². The van der Waals surface area contributed by atoms with Crippen LogP contribution in [-0.2, 0) is 11.2 Å². The molecule has 0 fully saturated rings. The third-order valence-corrected chi connectivity index (χ3v) is 3.67. The number of nitrogens with one attached hydrogen (secondary N) is 1. The fourth-order valence-electron chi connectivity index (χ4n) is 2.54. The van der Waals surface area contributed by atoms with Gasteiger partial charge in [0, 0.05) is 12.1 Å². The number of ether oxygens (including phenoxy) is 1. The van der Waals surface area contributed by atoms with E-state index in [1.807, 2.05) is 0 Å². The summed E-state index contributed by atoms with van der Waals surface area (Å²) in [7, 11) is 0. The lowest BCUT2D eigenvalue weighted by atomic mass is 9.89. The van der Waals surface area contributed by atoms with Crippen LogP contribution in [0.1, 0.15) is 50.8 Å². The molecule has 2 nitrogen and oxygen atoms in total. The van der Waals surface area contributed by atoms with Crippen LogP contribution in [0.3, 0.4) is 0 Å².